The number of nitrogens with two attached hydrogens (primary N) is 1. The molecule has 4 N–H and O–H groups in total. The number of nitrogens with one attached hydrogen (secondary N) is 2. The van der Waals surface area contributed by atoms with E-state index in [0.29, 0.717) is 18.6 Å². The number of benzene rings is 1. The van der Waals surface area contributed by atoms with Gasteiger partial charge in [0.1, 0.15) is 4.21 Å². The lowest BCUT2D eigenvalue weighted by Gasteiger charge is -2.38. The summed E-state index contributed by atoms with van der Waals surface area (Å²) in [6.07, 6.45) is 2.10. The van der Waals surface area contributed by atoms with E-state index in [4.69, 9.17) is 5.14 Å². The van der Waals surface area contributed by atoms with Gasteiger partial charge in [-0.15, -0.1) is 11.3 Å². The van der Waals surface area contributed by atoms with E-state index in [1.54, 1.807) is 6.07 Å². The normalized spacial score (nSPS) is 20.8. The van der Waals surface area contributed by atoms with Crippen LogP contribution in [0, 0.1) is 0 Å². The minimum atomic E-state index is -3.65. The summed E-state index contributed by atoms with van der Waals surface area (Å²) in [5.74, 6) is 0.761. The molecule has 1 aromatic heterocycles. The van der Waals surface area contributed by atoms with Crippen molar-refractivity contribution in [2.75, 3.05) is 13.1 Å². The zero-order valence-corrected chi connectivity index (χ0v) is 19.2. The molecule has 0 saturated carbocycles. The summed E-state index contributed by atoms with van der Waals surface area (Å²) in [5.41, 5.74) is 1.35. The number of thiophene rings is 1. The van der Waals surface area contributed by atoms with Crippen molar-refractivity contribution in [3.63, 3.8) is 0 Å². The van der Waals surface area contributed by atoms with Crippen LogP contribution < -0.4 is 15.8 Å². The largest absolute Gasteiger partial charge is 0.357 e. The van der Waals surface area contributed by atoms with E-state index in [9.17, 15) is 8.42 Å². The molecule has 9 heteroatoms. The van der Waals surface area contributed by atoms with E-state index in [1.807, 2.05) is 6.92 Å². The standard InChI is InChI=1S/C21H31N5O2S2/c1-3-23-21(24-14-19-9-10-20(29-19)30(22,27)28)25-18-11-12-26(16(2)13-18)15-17-7-5-4-6-8-17/h4-10,16,18H,3,11-15H2,1-2H3,(H2,22,27,28)(H2,23,24,25). The lowest BCUT2D eigenvalue weighted by molar-refractivity contribution is 0.134. The number of piperidine rings is 1. The molecule has 0 spiro atoms. The van der Waals surface area contributed by atoms with Gasteiger partial charge >= 0.3 is 0 Å². The summed E-state index contributed by atoms with van der Waals surface area (Å²) in [7, 11) is -3.65. The third-order valence-corrected chi connectivity index (χ3v) is 7.75. The molecule has 2 atom stereocenters. The lowest BCUT2D eigenvalue weighted by atomic mass is 9.97. The quantitative estimate of drug-likeness (QED) is 0.445. The third-order valence-electron chi connectivity index (χ3n) is 5.24. The number of aliphatic imine (C=N–C) groups is 1. The fourth-order valence-corrected chi connectivity index (χ4v) is 5.37. The Morgan fingerprint density at radius 1 is 1.27 bits per heavy atom. The zero-order valence-electron chi connectivity index (χ0n) is 17.5. The molecule has 0 aliphatic carbocycles. The Labute approximate surface area is 183 Å². The Morgan fingerprint density at radius 2 is 2.03 bits per heavy atom. The Morgan fingerprint density at radius 3 is 2.67 bits per heavy atom. The van der Waals surface area contributed by atoms with Crippen LogP contribution in [0.25, 0.3) is 0 Å². The average Bonchev–Trinajstić information content (AvgIpc) is 3.19. The van der Waals surface area contributed by atoms with Crippen molar-refractivity contribution in [2.45, 2.75) is 56.1 Å². The van der Waals surface area contributed by atoms with Crippen molar-refractivity contribution in [1.29, 1.82) is 0 Å². The highest BCUT2D eigenvalue weighted by Gasteiger charge is 2.26. The van der Waals surface area contributed by atoms with Gasteiger partial charge in [0.2, 0.25) is 10.0 Å². The first-order chi connectivity index (χ1) is 14.3. The van der Waals surface area contributed by atoms with Gasteiger partial charge in [0.15, 0.2) is 5.96 Å². The molecule has 1 aromatic carbocycles. The minimum absolute atomic E-state index is 0.172. The number of hydrogen-bond acceptors (Lipinski definition) is 5. The summed E-state index contributed by atoms with van der Waals surface area (Å²) >= 11 is 1.17. The highest BCUT2D eigenvalue weighted by atomic mass is 32.2. The van der Waals surface area contributed by atoms with Crippen molar-refractivity contribution < 1.29 is 8.42 Å². The molecular weight excluding hydrogens is 418 g/mol. The van der Waals surface area contributed by atoms with Crippen LogP contribution >= 0.6 is 11.3 Å². The Hall–Kier alpha value is -1.94. The summed E-state index contributed by atoms with van der Waals surface area (Å²) in [5, 5.41) is 12.0. The SMILES string of the molecule is CCNC(=NCc1ccc(S(N)(=O)=O)s1)NC1CCN(Cc2ccccc2)C(C)C1. The maximum Gasteiger partial charge on any atom is 0.247 e. The highest BCUT2D eigenvalue weighted by Crippen LogP contribution is 2.22. The lowest BCUT2D eigenvalue weighted by Crippen LogP contribution is -2.51. The van der Waals surface area contributed by atoms with Crippen molar-refractivity contribution >= 4 is 27.3 Å². The highest BCUT2D eigenvalue weighted by molar-refractivity contribution is 7.91. The topological polar surface area (TPSA) is 99.8 Å². The Kier molecular flexibility index (Phi) is 7.87. The molecule has 2 unspecified atom stereocenters. The van der Waals surface area contributed by atoms with Crippen molar-refractivity contribution in [3.8, 4) is 0 Å². The van der Waals surface area contributed by atoms with Crippen molar-refractivity contribution in [2.24, 2.45) is 10.1 Å². The predicted octanol–water partition coefficient (Wildman–Crippen LogP) is 2.50. The molecule has 0 bridgehead atoms. The molecule has 164 valence electrons. The summed E-state index contributed by atoms with van der Waals surface area (Å²) < 4.78 is 23.1. The number of primary sulfonamides is 1. The maximum atomic E-state index is 11.4. The molecule has 0 amide bonds. The molecule has 1 aliphatic heterocycles. The van der Waals surface area contributed by atoms with E-state index in [1.165, 1.54) is 23.0 Å². The first-order valence-electron chi connectivity index (χ1n) is 10.3. The Bertz CT molecular complexity index is 943. The van der Waals surface area contributed by atoms with Crippen LogP contribution in [0.2, 0.25) is 0 Å². The summed E-state index contributed by atoms with van der Waals surface area (Å²) in [6, 6.07) is 14.7. The van der Waals surface area contributed by atoms with Crippen LogP contribution in [0.1, 0.15) is 37.1 Å². The van der Waals surface area contributed by atoms with Crippen molar-refractivity contribution in [3.05, 3.63) is 52.9 Å². The number of hydrogen-bond donors (Lipinski definition) is 3. The molecule has 30 heavy (non-hydrogen) atoms. The Balaban J connectivity index is 1.56. The van der Waals surface area contributed by atoms with E-state index in [-0.39, 0.29) is 4.21 Å². The number of sulfonamides is 1. The van der Waals surface area contributed by atoms with Gasteiger partial charge in [0, 0.05) is 36.6 Å². The van der Waals surface area contributed by atoms with Gasteiger partial charge in [0.05, 0.1) is 6.54 Å². The van der Waals surface area contributed by atoms with Gasteiger partial charge in [0.25, 0.3) is 0 Å². The van der Waals surface area contributed by atoms with E-state index >= 15 is 0 Å². The predicted molar refractivity (Wildman–Crippen MR) is 123 cm³/mol. The molecule has 0 radical (unpaired) electrons. The van der Waals surface area contributed by atoms with Gasteiger partial charge in [-0.2, -0.15) is 0 Å². The molecule has 2 heterocycles. The van der Waals surface area contributed by atoms with E-state index in [2.05, 4.69) is 57.8 Å². The van der Waals surface area contributed by atoms with Crippen molar-refractivity contribution in [1.82, 2.24) is 15.5 Å². The van der Waals surface area contributed by atoms with Crippen LogP contribution in [0.15, 0.2) is 51.7 Å². The molecule has 1 fully saturated rings. The van der Waals surface area contributed by atoms with Crippen LogP contribution in [0.3, 0.4) is 0 Å². The molecule has 3 rings (SSSR count). The van der Waals surface area contributed by atoms with E-state index < -0.39 is 10.0 Å². The number of guanidine groups is 1. The second kappa shape index (κ2) is 10.4. The number of rotatable bonds is 7. The fraction of sp³-hybridized carbons (Fsp3) is 0.476. The van der Waals surface area contributed by atoms with Crippen LogP contribution in [0.4, 0.5) is 0 Å². The van der Waals surface area contributed by atoms with Crippen LogP contribution in [-0.2, 0) is 23.1 Å². The molecular formula is C21H31N5O2S2. The number of likely N-dealkylation sites (tertiary alicyclic amines) is 1. The van der Waals surface area contributed by atoms with Gasteiger partial charge in [-0.3, -0.25) is 4.90 Å². The number of nitrogens with zero attached hydrogens (tertiary/aromatic N) is 2. The van der Waals surface area contributed by atoms with Crippen LogP contribution in [-0.4, -0.2) is 44.5 Å². The average molecular weight is 450 g/mol. The van der Waals surface area contributed by atoms with Gasteiger partial charge in [-0.05, 0) is 44.4 Å². The first kappa shape index (κ1) is 22.7. The minimum Gasteiger partial charge on any atom is -0.357 e. The van der Waals surface area contributed by atoms with E-state index in [0.717, 1.165) is 43.3 Å². The van der Waals surface area contributed by atoms with Crippen LogP contribution in [0.5, 0.6) is 0 Å². The monoisotopic (exact) mass is 449 g/mol. The summed E-state index contributed by atoms with van der Waals surface area (Å²) in [6.45, 7) is 7.51. The summed E-state index contributed by atoms with van der Waals surface area (Å²) in [4.78, 5) is 8.03. The first-order valence-corrected chi connectivity index (χ1v) is 12.7. The smallest absolute Gasteiger partial charge is 0.247 e. The maximum absolute atomic E-state index is 11.4. The third kappa shape index (κ3) is 6.53. The molecule has 1 aliphatic rings. The fourth-order valence-electron chi connectivity index (χ4n) is 3.67. The molecule has 1 saturated heterocycles. The van der Waals surface area contributed by atoms with Gasteiger partial charge in [-0.1, -0.05) is 30.3 Å². The molecule has 7 nitrogen and oxygen atoms in total. The molecule has 2 aromatic rings. The second-order valence-electron chi connectivity index (χ2n) is 7.63. The second-order valence-corrected chi connectivity index (χ2v) is 10.6. The van der Waals surface area contributed by atoms with Gasteiger partial charge in [-0.25, -0.2) is 18.5 Å². The zero-order chi connectivity index (χ0) is 21.6. The van der Waals surface area contributed by atoms with Gasteiger partial charge < -0.3 is 10.6 Å².